The van der Waals surface area contributed by atoms with E-state index in [4.69, 9.17) is 0 Å². The van der Waals surface area contributed by atoms with Gasteiger partial charge >= 0.3 is 5.97 Å². The van der Waals surface area contributed by atoms with Crippen molar-refractivity contribution in [2.45, 2.75) is 30.5 Å². The molecule has 0 saturated heterocycles. The van der Waals surface area contributed by atoms with Crippen molar-refractivity contribution < 1.29 is 14.7 Å². The highest BCUT2D eigenvalue weighted by Gasteiger charge is 2.54. The lowest BCUT2D eigenvalue weighted by molar-refractivity contribution is -0.148. The summed E-state index contributed by atoms with van der Waals surface area (Å²) in [6, 6.07) is 0. The number of aromatic nitrogens is 2. The van der Waals surface area contributed by atoms with Crippen LogP contribution in [0.2, 0.25) is 0 Å². The van der Waals surface area contributed by atoms with Gasteiger partial charge in [-0.25, -0.2) is 0 Å². The van der Waals surface area contributed by atoms with Gasteiger partial charge in [0.25, 0.3) is 0 Å². The molecule has 2 fully saturated rings. The van der Waals surface area contributed by atoms with E-state index in [1.54, 1.807) is 11.8 Å². The number of rotatable bonds is 5. The molecule has 2 N–H and O–H groups in total. The molecule has 2 bridgehead atoms. The van der Waals surface area contributed by atoms with Crippen molar-refractivity contribution >= 4 is 40.1 Å². The molecular formula is C13H17N3O3S2. The second-order valence-corrected chi connectivity index (χ2v) is 8.01. The summed E-state index contributed by atoms with van der Waals surface area (Å²) in [4.78, 5) is 23.9. The zero-order chi connectivity index (χ0) is 15.0. The van der Waals surface area contributed by atoms with Crippen LogP contribution in [0.3, 0.4) is 0 Å². The fourth-order valence-electron chi connectivity index (χ4n) is 3.65. The van der Waals surface area contributed by atoms with E-state index in [2.05, 4.69) is 15.5 Å². The van der Waals surface area contributed by atoms with Crippen molar-refractivity contribution in [3.63, 3.8) is 0 Å². The maximum absolute atomic E-state index is 12.4. The number of hydrogen-bond donors (Lipinski definition) is 2. The van der Waals surface area contributed by atoms with Crippen LogP contribution in [-0.4, -0.2) is 32.9 Å². The van der Waals surface area contributed by atoms with E-state index in [-0.39, 0.29) is 17.7 Å². The number of carbonyl (C=O) groups is 2. The zero-order valence-electron chi connectivity index (χ0n) is 11.6. The second kappa shape index (κ2) is 5.92. The zero-order valence-corrected chi connectivity index (χ0v) is 13.2. The average Bonchev–Trinajstić information content (AvgIpc) is 3.13. The van der Waals surface area contributed by atoms with E-state index in [9.17, 15) is 14.7 Å². The van der Waals surface area contributed by atoms with Crippen molar-refractivity contribution in [2.24, 2.45) is 23.7 Å². The van der Waals surface area contributed by atoms with Gasteiger partial charge in [0.1, 0.15) is 0 Å². The molecule has 2 saturated carbocycles. The van der Waals surface area contributed by atoms with Crippen LogP contribution in [0.5, 0.6) is 0 Å². The number of aliphatic carboxylic acids is 1. The topological polar surface area (TPSA) is 92.2 Å². The van der Waals surface area contributed by atoms with Crippen LogP contribution < -0.4 is 5.32 Å². The van der Waals surface area contributed by atoms with Gasteiger partial charge in [0, 0.05) is 0 Å². The lowest BCUT2D eigenvalue weighted by atomic mass is 9.79. The molecule has 3 rings (SSSR count). The number of carbonyl (C=O) groups excluding carboxylic acids is 1. The van der Waals surface area contributed by atoms with Crippen LogP contribution in [0.4, 0.5) is 5.13 Å². The number of nitrogens with zero attached hydrogens (tertiary/aromatic N) is 2. The lowest BCUT2D eigenvalue weighted by Gasteiger charge is -2.26. The summed E-state index contributed by atoms with van der Waals surface area (Å²) in [6.45, 7) is 2.02. The lowest BCUT2D eigenvalue weighted by Crippen LogP contribution is -2.37. The van der Waals surface area contributed by atoms with Gasteiger partial charge in [0.05, 0.1) is 11.8 Å². The fraction of sp³-hybridized carbons (Fsp3) is 0.692. The summed E-state index contributed by atoms with van der Waals surface area (Å²) < 4.78 is 0.815. The van der Waals surface area contributed by atoms with Gasteiger partial charge in [0.2, 0.25) is 11.0 Å². The molecule has 4 atom stereocenters. The molecular weight excluding hydrogens is 310 g/mol. The molecule has 0 spiro atoms. The summed E-state index contributed by atoms with van der Waals surface area (Å²) in [5.41, 5.74) is 0. The minimum atomic E-state index is -0.846. The molecule has 8 heteroatoms. The van der Waals surface area contributed by atoms with Gasteiger partial charge in [-0.3, -0.25) is 9.59 Å². The summed E-state index contributed by atoms with van der Waals surface area (Å²) in [5, 5.41) is 20.5. The number of amides is 1. The Morgan fingerprint density at radius 1 is 1.33 bits per heavy atom. The smallest absolute Gasteiger partial charge is 0.307 e. The van der Waals surface area contributed by atoms with Crippen LogP contribution in [0.15, 0.2) is 4.34 Å². The Bertz CT molecular complexity index is 563. The molecule has 1 aromatic rings. The van der Waals surface area contributed by atoms with Crippen molar-refractivity contribution in [1.29, 1.82) is 0 Å². The first kappa shape index (κ1) is 14.8. The first-order valence-electron chi connectivity index (χ1n) is 7.10. The minimum Gasteiger partial charge on any atom is -0.481 e. The molecule has 0 unspecified atom stereocenters. The fourth-order valence-corrected chi connectivity index (χ4v) is 5.31. The number of anilines is 1. The first-order chi connectivity index (χ1) is 10.1. The van der Waals surface area contributed by atoms with Crippen LogP contribution in [0, 0.1) is 23.7 Å². The molecule has 2 aliphatic rings. The van der Waals surface area contributed by atoms with Crippen molar-refractivity contribution in [1.82, 2.24) is 10.2 Å². The molecule has 114 valence electrons. The van der Waals surface area contributed by atoms with Gasteiger partial charge in [-0.2, -0.15) is 0 Å². The number of thioether (sulfide) groups is 1. The van der Waals surface area contributed by atoms with Crippen molar-refractivity contribution in [2.75, 3.05) is 11.1 Å². The Balaban J connectivity index is 1.70. The largest absolute Gasteiger partial charge is 0.481 e. The third-order valence-corrected chi connectivity index (χ3v) is 6.26. The number of carboxylic acid groups (broad SMARTS) is 1. The van der Waals surface area contributed by atoms with Gasteiger partial charge in [0.15, 0.2) is 4.34 Å². The van der Waals surface area contributed by atoms with Crippen LogP contribution in [0.1, 0.15) is 26.2 Å². The number of nitrogens with one attached hydrogen (secondary N) is 1. The molecule has 0 radical (unpaired) electrons. The Hall–Kier alpha value is -1.15. The van der Waals surface area contributed by atoms with E-state index in [1.165, 1.54) is 11.3 Å². The normalized spacial score (nSPS) is 30.5. The molecule has 0 aromatic carbocycles. The third kappa shape index (κ3) is 2.78. The highest BCUT2D eigenvalue weighted by molar-refractivity contribution is 8.01. The summed E-state index contributed by atoms with van der Waals surface area (Å²) in [7, 11) is 0. The number of fused-ring (bicyclic) bond motifs is 2. The first-order valence-corrected chi connectivity index (χ1v) is 8.90. The predicted molar refractivity (Wildman–Crippen MR) is 80.4 cm³/mol. The molecule has 0 aliphatic heterocycles. The van der Waals surface area contributed by atoms with Crippen LogP contribution in [0.25, 0.3) is 0 Å². The highest BCUT2D eigenvalue weighted by atomic mass is 32.2. The van der Waals surface area contributed by atoms with E-state index in [0.717, 1.165) is 29.4 Å². The Labute approximate surface area is 130 Å². The molecule has 6 nitrogen and oxygen atoms in total. The summed E-state index contributed by atoms with van der Waals surface area (Å²) in [6.07, 6.45) is 2.75. The Morgan fingerprint density at radius 3 is 2.71 bits per heavy atom. The summed E-state index contributed by atoms with van der Waals surface area (Å²) in [5.74, 6) is -0.762. The van der Waals surface area contributed by atoms with Gasteiger partial charge < -0.3 is 10.4 Å². The van der Waals surface area contributed by atoms with E-state index < -0.39 is 17.8 Å². The molecule has 2 aliphatic carbocycles. The van der Waals surface area contributed by atoms with Crippen molar-refractivity contribution in [3.05, 3.63) is 0 Å². The van der Waals surface area contributed by atoms with Gasteiger partial charge in [-0.1, -0.05) is 30.0 Å². The quantitative estimate of drug-likeness (QED) is 0.637. The predicted octanol–water partition coefficient (Wildman–Crippen LogP) is 2.34. The molecule has 1 heterocycles. The number of hydrogen-bond acceptors (Lipinski definition) is 6. The summed E-state index contributed by atoms with van der Waals surface area (Å²) >= 11 is 2.91. The van der Waals surface area contributed by atoms with Crippen LogP contribution in [-0.2, 0) is 9.59 Å². The average molecular weight is 327 g/mol. The van der Waals surface area contributed by atoms with E-state index in [0.29, 0.717) is 5.13 Å². The minimum absolute atomic E-state index is 0.156. The highest BCUT2D eigenvalue weighted by Crippen LogP contribution is 2.52. The maximum Gasteiger partial charge on any atom is 0.307 e. The monoisotopic (exact) mass is 327 g/mol. The SMILES string of the molecule is CCSc1nnc(NC(=O)[C@@H]2[C@H]3CC[C@@H](C3)[C@@H]2C(=O)O)s1. The van der Waals surface area contributed by atoms with E-state index in [1.807, 2.05) is 6.92 Å². The Kier molecular flexibility index (Phi) is 4.17. The van der Waals surface area contributed by atoms with E-state index >= 15 is 0 Å². The molecule has 21 heavy (non-hydrogen) atoms. The molecule has 1 aromatic heterocycles. The van der Waals surface area contributed by atoms with Gasteiger partial charge in [-0.15, -0.1) is 10.2 Å². The molecule has 1 amide bonds. The van der Waals surface area contributed by atoms with Gasteiger partial charge in [-0.05, 0) is 36.9 Å². The standard InChI is InChI=1S/C13H17N3O3S2/c1-2-20-13-16-15-12(21-13)14-10(17)8-6-3-4-7(5-6)9(8)11(18)19/h6-9H,2-5H2,1H3,(H,18,19)(H,14,15,17)/t6-,7-,8+,9-/m0/s1. The second-order valence-electron chi connectivity index (χ2n) is 5.52. The Morgan fingerprint density at radius 2 is 2.05 bits per heavy atom. The number of carboxylic acids is 1. The van der Waals surface area contributed by atoms with Crippen LogP contribution >= 0.6 is 23.1 Å². The third-order valence-electron chi connectivity index (χ3n) is 4.41. The maximum atomic E-state index is 12.4. The van der Waals surface area contributed by atoms with Crippen molar-refractivity contribution in [3.8, 4) is 0 Å².